The summed E-state index contributed by atoms with van der Waals surface area (Å²) in [4.78, 5) is 0. The molecule has 1 aromatic rings. The Labute approximate surface area is 77.0 Å². The van der Waals surface area contributed by atoms with Crippen LogP contribution in [0, 0.1) is 5.82 Å². The SMILES string of the molecule is CCOc1ccc([C@@H](C)O)cc1F. The normalized spacial score (nSPS) is 12.6. The molecule has 0 unspecified atom stereocenters. The molecule has 13 heavy (non-hydrogen) atoms. The summed E-state index contributed by atoms with van der Waals surface area (Å²) in [5, 5.41) is 9.16. The second-order valence-corrected chi connectivity index (χ2v) is 2.80. The second-order valence-electron chi connectivity index (χ2n) is 2.80. The molecule has 1 atom stereocenters. The van der Waals surface area contributed by atoms with Crippen molar-refractivity contribution in [1.82, 2.24) is 0 Å². The van der Waals surface area contributed by atoms with Crippen LogP contribution in [0.3, 0.4) is 0 Å². The molecule has 0 heterocycles. The van der Waals surface area contributed by atoms with Crippen molar-refractivity contribution in [2.75, 3.05) is 6.61 Å². The van der Waals surface area contributed by atoms with Gasteiger partial charge in [-0.2, -0.15) is 0 Å². The fourth-order valence-corrected chi connectivity index (χ4v) is 1.05. The largest absolute Gasteiger partial charge is 0.491 e. The van der Waals surface area contributed by atoms with E-state index < -0.39 is 11.9 Å². The minimum Gasteiger partial charge on any atom is -0.491 e. The number of aliphatic hydroxyl groups is 1. The van der Waals surface area contributed by atoms with Crippen LogP contribution in [0.15, 0.2) is 18.2 Å². The minimum atomic E-state index is -0.648. The predicted octanol–water partition coefficient (Wildman–Crippen LogP) is 2.28. The molecule has 0 spiro atoms. The van der Waals surface area contributed by atoms with Crippen LogP contribution in [-0.2, 0) is 0 Å². The van der Waals surface area contributed by atoms with E-state index in [1.54, 1.807) is 19.9 Å². The number of hydrogen-bond acceptors (Lipinski definition) is 2. The fraction of sp³-hybridized carbons (Fsp3) is 0.400. The van der Waals surface area contributed by atoms with E-state index in [0.717, 1.165) is 0 Å². The summed E-state index contributed by atoms with van der Waals surface area (Å²) >= 11 is 0. The quantitative estimate of drug-likeness (QED) is 0.780. The smallest absolute Gasteiger partial charge is 0.165 e. The Morgan fingerprint density at radius 3 is 2.69 bits per heavy atom. The number of aliphatic hydroxyl groups excluding tert-OH is 1. The van der Waals surface area contributed by atoms with Crippen molar-refractivity contribution in [3.8, 4) is 5.75 Å². The Bertz CT molecular complexity index is 284. The van der Waals surface area contributed by atoms with Crippen molar-refractivity contribution in [3.05, 3.63) is 29.6 Å². The van der Waals surface area contributed by atoms with Crippen LogP contribution < -0.4 is 4.74 Å². The topological polar surface area (TPSA) is 29.5 Å². The highest BCUT2D eigenvalue weighted by atomic mass is 19.1. The van der Waals surface area contributed by atoms with Gasteiger partial charge in [0.05, 0.1) is 12.7 Å². The highest BCUT2D eigenvalue weighted by Gasteiger charge is 2.06. The number of hydrogen-bond donors (Lipinski definition) is 1. The van der Waals surface area contributed by atoms with Crippen LogP contribution >= 0.6 is 0 Å². The first kappa shape index (κ1) is 9.99. The van der Waals surface area contributed by atoms with Crippen LogP contribution in [0.25, 0.3) is 0 Å². The van der Waals surface area contributed by atoms with Crippen molar-refractivity contribution in [2.45, 2.75) is 20.0 Å². The number of benzene rings is 1. The molecule has 3 heteroatoms. The van der Waals surface area contributed by atoms with Crippen LogP contribution in [-0.4, -0.2) is 11.7 Å². The van der Waals surface area contributed by atoms with E-state index in [1.807, 2.05) is 0 Å². The third kappa shape index (κ3) is 2.42. The average Bonchev–Trinajstić information content (AvgIpc) is 2.08. The Morgan fingerprint density at radius 2 is 2.23 bits per heavy atom. The van der Waals surface area contributed by atoms with Crippen LogP contribution in [0.1, 0.15) is 25.5 Å². The molecule has 72 valence electrons. The maximum atomic E-state index is 13.2. The van der Waals surface area contributed by atoms with E-state index in [0.29, 0.717) is 12.2 Å². The molecule has 2 nitrogen and oxygen atoms in total. The van der Waals surface area contributed by atoms with E-state index in [9.17, 15) is 4.39 Å². The predicted molar refractivity (Wildman–Crippen MR) is 48.2 cm³/mol. The summed E-state index contributed by atoms with van der Waals surface area (Å²) in [6, 6.07) is 4.47. The first-order valence-corrected chi connectivity index (χ1v) is 4.25. The Balaban J connectivity index is 2.92. The molecule has 0 amide bonds. The van der Waals surface area contributed by atoms with Crippen molar-refractivity contribution in [2.24, 2.45) is 0 Å². The van der Waals surface area contributed by atoms with Gasteiger partial charge in [-0.15, -0.1) is 0 Å². The van der Waals surface area contributed by atoms with E-state index in [4.69, 9.17) is 9.84 Å². The molecule has 0 radical (unpaired) electrons. The average molecular weight is 184 g/mol. The van der Waals surface area contributed by atoms with Gasteiger partial charge in [-0.1, -0.05) is 6.07 Å². The molecule has 0 aromatic heterocycles. The van der Waals surface area contributed by atoms with Crippen molar-refractivity contribution in [3.63, 3.8) is 0 Å². The Morgan fingerprint density at radius 1 is 1.54 bits per heavy atom. The van der Waals surface area contributed by atoms with Crippen molar-refractivity contribution in [1.29, 1.82) is 0 Å². The van der Waals surface area contributed by atoms with Crippen molar-refractivity contribution >= 4 is 0 Å². The number of halogens is 1. The zero-order chi connectivity index (χ0) is 9.84. The Hall–Kier alpha value is -1.09. The molecule has 0 fully saturated rings. The van der Waals surface area contributed by atoms with Crippen LogP contribution in [0.5, 0.6) is 5.75 Å². The highest BCUT2D eigenvalue weighted by molar-refractivity contribution is 5.30. The van der Waals surface area contributed by atoms with E-state index in [2.05, 4.69) is 0 Å². The third-order valence-corrected chi connectivity index (χ3v) is 1.74. The van der Waals surface area contributed by atoms with E-state index in [-0.39, 0.29) is 5.75 Å². The summed E-state index contributed by atoms with van der Waals surface area (Å²) < 4.78 is 18.2. The molecule has 0 aliphatic rings. The maximum Gasteiger partial charge on any atom is 0.165 e. The zero-order valence-corrected chi connectivity index (χ0v) is 7.75. The Kier molecular flexibility index (Phi) is 3.25. The van der Waals surface area contributed by atoms with Gasteiger partial charge in [-0.05, 0) is 31.5 Å². The lowest BCUT2D eigenvalue weighted by molar-refractivity contribution is 0.198. The highest BCUT2D eigenvalue weighted by Crippen LogP contribution is 2.21. The summed E-state index contributed by atoms with van der Waals surface area (Å²) in [6.45, 7) is 3.82. The van der Waals surface area contributed by atoms with Crippen molar-refractivity contribution < 1.29 is 14.2 Å². The molecule has 0 saturated heterocycles. The molecule has 0 bridgehead atoms. The molecule has 0 aliphatic carbocycles. The van der Waals surface area contributed by atoms with Gasteiger partial charge in [0.1, 0.15) is 0 Å². The van der Waals surface area contributed by atoms with Gasteiger partial charge in [0.25, 0.3) is 0 Å². The molecule has 0 saturated carbocycles. The van der Waals surface area contributed by atoms with Gasteiger partial charge >= 0.3 is 0 Å². The third-order valence-electron chi connectivity index (χ3n) is 1.74. The van der Waals surface area contributed by atoms with E-state index >= 15 is 0 Å². The van der Waals surface area contributed by atoms with Gasteiger partial charge in [0, 0.05) is 0 Å². The molecular formula is C10H13FO2. The molecule has 0 aliphatic heterocycles. The summed E-state index contributed by atoms with van der Waals surface area (Å²) in [6.07, 6.45) is -0.648. The number of rotatable bonds is 3. The standard InChI is InChI=1S/C10H13FO2/c1-3-13-10-5-4-8(7(2)12)6-9(10)11/h4-7,12H,3H2,1-2H3/t7-/m1/s1. The number of ether oxygens (including phenoxy) is 1. The lowest BCUT2D eigenvalue weighted by atomic mass is 10.1. The molecule has 1 N–H and O–H groups in total. The summed E-state index contributed by atoms with van der Waals surface area (Å²) in [5.74, 6) is -0.202. The summed E-state index contributed by atoms with van der Waals surface area (Å²) in [5.41, 5.74) is 0.556. The van der Waals surface area contributed by atoms with Gasteiger partial charge in [-0.3, -0.25) is 0 Å². The lowest BCUT2D eigenvalue weighted by Gasteiger charge is -2.08. The van der Waals surface area contributed by atoms with Gasteiger partial charge < -0.3 is 9.84 Å². The van der Waals surface area contributed by atoms with Crippen LogP contribution in [0.2, 0.25) is 0 Å². The van der Waals surface area contributed by atoms with Gasteiger partial charge in [-0.25, -0.2) is 4.39 Å². The van der Waals surface area contributed by atoms with Gasteiger partial charge in [0.15, 0.2) is 11.6 Å². The first-order valence-electron chi connectivity index (χ1n) is 4.25. The lowest BCUT2D eigenvalue weighted by Crippen LogP contribution is -1.97. The molecule has 1 rings (SSSR count). The van der Waals surface area contributed by atoms with Gasteiger partial charge in [0.2, 0.25) is 0 Å². The molecule has 1 aromatic carbocycles. The van der Waals surface area contributed by atoms with E-state index in [1.165, 1.54) is 12.1 Å². The second kappa shape index (κ2) is 4.23. The maximum absolute atomic E-state index is 13.2. The minimum absolute atomic E-state index is 0.229. The van der Waals surface area contributed by atoms with Crippen LogP contribution in [0.4, 0.5) is 4.39 Å². The zero-order valence-electron chi connectivity index (χ0n) is 7.75. The monoisotopic (exact) mass is 184 g/mol. The molecular weight excluding hydrogens is 171 g/mol. The first-order chi connectivity index (χ1) is 6.15. The summed E-state index contributed by atoms with van der Waals surface area (Å²) in [7, 11) is 0. The fourth-order valence-electron chi connectivity index (χ4n) is 1.05.